The molecule has 0 radical (unpaired) electrons. The summed E-state index contributed by atoms with van der Waals surface area (Å²) in [5.74, 6) is 0. The fraction of sp³-hybridized carbons (Fsp3) is 0.261. The van der Waals surface area contributed by atoms with Crippen LogP contribution in [0.3, 0.4) is 0 Å². The van der Waals surface area contributed by atoms with E-state index >= 15 is 0 Å². The number of allylic oxidation sites excluding steroid dienone is 3. The van der Waals surface area contributed by atoms with Gasteiger partial charge in [-0.3, -0.25) is 0 Å². The highest BCUT2D eigenvalue weighted by atomic mass is 14.3. The van der Waals surface area contributed by atoms with Crippen LogP contribution >= 0.6 is 0 Å². The van der Waals surface area contributed by atoms with Gasteiger partial charge in [0.1, 0.15) is 0 Å². The third-order valence-electron chi connectivity index (χ3n) is 4.95. The van der Waals surface area contributed by atoms with Crippen LogP contribution in [0.4, 0.5) is 0 Å². The smallest absolute Gasteiger partial charge is 0.0915 e. The molecule has 0 atom stereocenters. The Balaban J connectivity index is 2.18. The first-order chi connectivity index (χ1) is 11.4. The van der Waals surface area contributed by atoms with Gasteiger partial charge in [-0.15, -0.1) is 0 Å². The molecule has 3 rings (SSSR count). The van der Waals surface area contributed by atoms with Crippen LogP contribution in [0.25, 0.3) is 11.1 Å². The minimum absolute atomic E-state index is 0.134. The lowest BCUT2D eigenvalue weighted by atomic mass is 9.71. The highest BCUT2D eigenvalue weighted by Crippen LogP contribution is 2.42. The molecule has 0 unspecified atom stereocenters. The summed E-state index contributed by atoms with van der Waals surface area (Å²) in [4.78, 5) is 0. The van der Waals surface area contributed by atoms with Crippen molar-refractivity contribution in [2.75, 3.05) is 0 Å². The van der Waals surface area contributed by atoms with Crippen molar-refractivity contribution in [1.82, 2.24) is 0 Å². The summed E-state index contributed by atoms with van der Waals surface area (Å²) in [6, 6.07) is 17.5. The molecule has 0 amide bonds. The number of rotatable bonds is 2. The Kier molecular flexibility index (Phi) is 4.16. The molecule has 0 aliphatic heterocycles. The maximum Gasteiger partial charge on any atom is 0.0915 e. The molecule has 24 heavy (non-hydrogen) atoms. The van der Waals surface area contributed by atoms with Gasteiger partial charge >= 0.3 is 0 Å². The summed E-state index contributed by atoms with van der Waals surface area (Å²) in [7, 11) is 0. The number of nitrogens with zero attached hydrogens (tertiary/aromatic N) is 1. The Morgan fingerprint density at radius 2 is 1.83 bits per heavy atom. The van der Waals surface area contributed by atoms with E-state index < -0.39 is 0 Å². The third-order valence-corrected chi connectivity index (χ3v) is 4.95. The van der Waals surface area contributed by atoms with E-state index in [0.29, 0.717) is 0 Å². The van der Waals surface area contributed by atoms with Gasteiger partial charge in [-0.1, -0.05) is 61.9 Å². The standard InChI is InChI=1S/C23H23N/c1-16-5-7-18(8-6-16)20-11-13-23(3,4)22-10-9-19(15-21(20)22)17(2)12-14-24/h5-12,15H,13H2,1-4H3/b17-12+. The molecule has 1 nitrogen and oxygen atoms in total. The molecule has 0 fully saturated rings. The first-order valence-electron chi connectivity index (χ1n) is 8.41. The summed E-state index contributed by atoms with van der Waals surface area (Å²) in [6.45, 7) is 8.70. The van der Waals surface area contributed by atoms with Crippen molar-refractivity contribution in [1.29, 1.82) is 5.26 Å². The molecule has 2 aromatic rings. The first kappa shape index (κ1) is 16.3. The Bertz CT molecular complexity index is 871. The van der Waals surface area contributed by atoms with Crippen LogP contribution in [0.1, 0.15) is 55.0 Å². The zero-order valence-corrected chi connectivity index (χ0v) is 14.9. The molecule has 1 aliphatic rings. The van der Waals surface area contributed by atoms with Gasteiger partial charge in [0, 0.05) is 6.08 Å². The van der Waals surface area contributed by atoms with E-state index in [4.69, 9.17) is 5.26 Å². The fourth-order valence-corrected chi connectivity index (χ4v) is 3.37. The predicted octanol–water partition coefficient (Wildman–Crippen LogP) is 6.03. The van der Waals surface area contributed by atoms with Crippen molar-refractivity contribution < 1.29 is 0 Å². The van der Waals surface area contributed by atoms with Gasteiger partial charge in [0.2, 0.25) is 0 Å². The summed E-state index contributed by atoms with van der Waals surface area (Å²) < 4.78 is 0. The average Bonchev–Trinajstić information content (AvgIpc) is 2.56. The zero-order valence-electron chi connectivity index (χ0n) is 14.9. The molecule has 0 saturated heterocycles. The number of benzene rings is 2. The number of hydrogen-bond donors (Lipinski definition) is 0. The maximum absolute atomic E-state index is 8.94. The number of nitriles is 1. The van der Waals surface area contributed by atoms with Gasteiger partial charge in [-0.2, -0.15) is 5.26 Å². The van der Waals surface area contributed by atoms with Crippen LogP contribution < -0.4 is 0 Å². The molecular formula is C23H23N. The first-order valence-corrected chi connectivity index (χ1v) is 8.41. The van der Waals surface area contributed by atoms with E-state index in [1.807, 2.05) is 6.92 Å². The van der Waals surface area contributed by atoms with Gasteiger partial charge in [-0.25, -0.2) is 0 Å². The van der Waals surface area contributed by atoms with Gasteiger partial charge in [0.25, 0.3) is 0 Å². The zero-order chi connectivity index (χ0) is 17.3. The highest BCUT2D eigenvalue weighted by molar-refractivity contribution is 5.85. The van der Waals surface area contributed by atoms with E-state index in [9.17, 15) is 0 Å². The van der Waals surface area contributed by atoms with Crippen LogP contribution in [0, 0.1) is 18.3 Å². The fourth-order valence-electron chi connectivity index (χ4n) is 3.37. The van der Waals surface area contributed by atoms with Crippen LogP contribution in [0.5, 0.6) is 0 Å². The van der Waals surface area contributed by atoms with Gasteiger partial charge in [0.05, 0.1) is 6.07 Å². The van der Waals surface area contributed by atoms with Crippen molar-refractivity contribution in [2.24, 2.45) is 0 Å². The lowest BCUT2D eigenvalue weighted by molar-refractivity contribution is 0.527. The topological polar surface area (TPSA) is 23.8 Å². The van der Waals surface area contributed by atoms with E-state index in [-0.39, 0.29) is 5.41 Å². The second-order valence-corrected chi connectivity index (χ2v) is 7.29. The third kappa shape index (κ3) is 2.93. The van der Waals surface area contributed by atoms with Crippen molar-refractivity contribution in [3.8, 4) is 6.07 Å². The molecular weight excluding hydrogens is 290 g/mol. The Morgan fingerprint density at radius 1 is 1.12 bits per heavy atom. The molecule has 120 valence electrons. The van der Waals surface area contributed by atoms with Crippen molar-refractivity contribution in [2.45, 2.75) is 39.5 Å². The second kappa shape index (κ2) is 6.13. The maximum atomic E-state index is 8.94. The van der Waals surface area contributed by atoms with Gasteiger partial charge < -0.3 is 0 Å². The molecule has 1 aliphatic carbocycles. The van der Waals surface area contributed by atoms with Crippen LogP contribution in [0.15, 0.2) is 54.6 Å². The Hall–Kier alpha value is -2.59. The minimum atomic E-state index is 0.134. The summed E-state index contributed by atoms with van der Waals surface area (Å²) in [5.41, 5.74) is 8.77. The number of fused-ring (bicyclic) bond motifs is 1. The van der Waals surface area contributed by atoms with Crippen LogP contribution in [-0.2, 0) is 5.41 Å². The monoisotopic (exact) mass is 313 g/mol. The normalized spacial score (nSPS) is 16.1. The van der Waals surface area contributed by atoms with Crippen molar-refractivity contribution >= 4 is 11.1 Å². The lowest BCUT2D eigenvalue weighted by Crippen LogP contribution is -2.22. The molecule has 0 heterocycles. The van der Waals surface area contributed by atoms with E-state index in [2.05, 4.69) is 75.4 Å². The quantitative estimate of drug-likeness (QED) is 0.620. The number of aryl methyl sites for hydroxylation is 1. The van der Waals surface area contributed by atoms with E-state index in [1.165, 1.54) is 27.8 Å². The van der Waals surface area contributed by atoms with Crippen molar-refractivity contribution in [3.63, 3.8) is 0 Å². The molecule has 0 N–H and O–H groups in total. The highest BCUT2D eigenvalue weighted by Gasteiger charge is 2.28. The number of hydrogen-bond acceptors (Lipinski definition) is 1. The average molecular weight is 313 g/mol. The minimum Gasteiger partial charge on any atom is -0.193 e. The molecule has 2 aromatic carbocycles. The molecule has 0 saturated carbocycles. The van der Waals surface area contributed by atoms with Crippen LogP contribution in [-0.4, -0.2) is 0 Å². The summed E-state index contributed by atoms with van der Waals surface area (Å²) >= 11 is 0. The second-order valence-electron chi connectivity index (χ2n) is 7.29. The SMILES string of the molecule is C/C(=C\C#N)c1ccc2c(c1)C(c1ccc(C)cc1)=CCC2(C)C. The van der Waals surface area contributed by atoms with Crippen molar-refractivity contribution in [3.05, 3.63) is 82.4 Å². The molecule has 0 aromatic heterocycles. The van der Waals surface area contributed by atoms with Gasteiger partial charge in [-0.05, 0) is 65.1 Å². The lowest BCUT2D eigenvalue weighted by Gasteiger charge is -2.32. The van der Waals surface area contributed by atoms with Crippen LogP contribution in [0.2, 0.25) is 0 Å². The summed E-state index contributed by atoms with van der Waals surface area (Å²) in [6.07, 6.45) is 5.01. The molecule has 0 bridgehead atoms. The van der Waals surface area contributed by atoms with Gasteiger partial charge in [0.15, 0.2) is 0 Å². The Morgan fingerprint density at radius 3 is 2.50 bits per heavy atom. The predicted molar refractivity (Wildman–Crippen MR) is 102 cm³/mol. The largest absolute Gasteiger partial charge is 0.193 e. The van der Waals surface area contributed by atoms with E-state index in [1.54, 1.807) is 6.08 Å². The molecule has 1 heteroatoms. The van der Waals surface area contributed by atoms with E-state index in [0.717, 1.165) is 17.6 Å². The molecule has 0 spiro atoms. The summed E-state index contributed by atoms with van der Waals surface area (Å²) in [5, 5.41) is 8.94. The Labute approximate surface area is 145 Å².